The number of esters is 1. The molecule has 2 heterocycles. The monoisotopic (exact) mass is 306 g/mol. The lowest BCUT2D eigenvalue weighted by molar-refractivity contribution is -0.145. The van der Waals surface area contributed by atoms with Gasteiger partial charge in [-0.15, -0.1) is 11.3 Å². The molecule has 0 saturated heterocycles. The summed E-state index contributed by atoms with van der Waals surface area (Å²) in [5.41, 5.74) is 0.884. The fourth-order valence-electron chi connectivity index (χ4n) is 2.55. The molecule has 0 aliphatic heterocycles. The Kier molecular flexibility index (Phi) is 3.92. The molecule has 7 heteroatoms. The Labute approximate surface area is 127 Å². The third-order valence-electron chi connectivity index (χ3n) is 3.58. The van der Waals surface area contributed by atoms with Crippen LogP contribution in [0.15, 0.2) is 12.3 Å². The maximum atomic E-state index is 12.0. The number of nitrogens with zero attached hydrogens (tertiary/aromatic N) is 3. The van der Waals surface area contributed by atoms with Crippen LogP contribution < -0.4 is 5.32 Å². The van der Waals surface area contributed by atoms with Crippen LogP contribution in [0.1, 0.15) is 36.3 Å². The van der Waals surface area contributed by atoms with E-state index in [1.54, 1.807) is 22.2 Å². The molecule has 0 radical (unpaired) electrons. The van der Waals surface area contributed by atoms with Gasteiger partial charge in [0, 0.05) is 18.0 Å². The normalized spacial score (nSPS) is 17.3. The summed E-state index contributed by atoms with van der Waals surface area (Å²) in [6.07, 6.45) is 4.54. The smallest absolute Gasteiger partial charge is 0.315 e. The van der Waals surface area contributed by atoms with Crippen molar-refractivity contribution < 1.29 is 9.53 Å². The van der Waals surface area contributed by atoms with Gasteiger partial charge in [-0.05, 0) is 26.2 Å². The van der Waals surface area contributed by atoms with Crippen molar-refractivity contribution in [3.05, 3.63) is 22.8 Å². The summed E-state index contributed by atoms with van der Waals surface area (Å²) in [5.74, 6) is 0.511. The van der Waals surface area contributed by atoms with Gasteiger partial charge < -0.3 is 10.1 Å². The molecule has 1 N–H and O–H groups in total. The average molecular weight is 306 g/mol. The Morgan fingerprint density at radius 3 is 3.19 bits per heavy atom. The van der Waals surface area contributed by atoms with Crippen LogP contribution in [-0.2, 0) is 23.0 Å². The van der Waals surface area contributed by atoms with Crippen LogP contribution in [0.5, 0.6) is 0 Å². The lowest BCUT2D eigenvalue weighted by Gasteiger charge is -2.19. The lowest BCUT2D eigenvalue weighted by Crippen LogP contribution is -2.20. The highest BCUT2D eigenvalue weighted by atomic mass is 32.1. The van der Waals surface area contributed by atoms with Crippen LogP contribution in [-0.4, -0.2) is 27.3 Å². The van der Waals surface area contributed by atoms with Gasteiger partial charge >= 0.3 is 5.97 Å². The minimum atomic E-state index is -0.216. The Morgan fingerprint density at radius 2 is 2.48 bits per heavy atom. The summed E-state index contributed by atoms with van der Waals surface area (Å²) in [6.45, 7) is 2.24. The van der Waals surface area contributed by atoms with E-state index < -0.39 is 0 Å². The fourth-order valence-corrected chi connectivity index (χ4v) is 3.62. The number of thiazole rings is 1. The number of hydrogen-bond donors (Lipinski definition) is 1. The van der Waals surface area contributed by atoms with Gasteiger partial charge in [-0.1, -0.05) is 0 Å². The van der Waals surface area contributed by atoms with Crippen LogP contribution in [0.3, 0.4) is 0 Å². The molecule has 1 aliphatic carbocycles. The van der Waals surface area contributed by atoms with Crippen LogP contribution in [0.25, 0.3) is 0 Å². The van der Waals surface area contributed by atoms with E-state index in [-0.39, 0.29) is 11.9 Å². The predicted molar refractivity (Wildman–Crippen MR) is 80.9 cm³/mol. The second kappa shape index (κ2) is 5.85. The van der Waals surface area contributed by atoms with Crippen molar-refractivity contribution in [3.63, 3.8) is 0 Å². The van der Waals surface area contributed by atoms with Gasteiger partial charge in [-0.25, -0.2) is 4.98 Å². The Hall–Kier alpha value is -1.89. The molecule has 21 heavy (non-hydrogen) atoms. The molecule has 0 saturated carbocycles. The first-order chi connectivity index (χ1) is 10.2. The summed E-state index contributed by atoms with van der Waals surface area (Å²) < 4.78 is 6.92. The highest BCUT2D eigenvalue weighted by Gasteiger charge is 2.31. The van der Waals surface area contributed by atoms with E-state index in [1.807, 2.05) is 20.0 Å². The summed E-state index contributed by atoms with van der Waals surface area (Å²) in [5, 5.41) is 8.18. The molecule has 1 unspecified atom stereocenters. The van der Waals surface area contributed by atoms with Gasteiger partial charge in [0.15, 0.2) is 5.13 Å². The van der Waals surface area contributed by atoms with E-state index in [0.717, 1.165) is 35.9 Å². The zero-order valence-electron chi connectivity index (χ0n) is 12.1. The molecule has 1 atom stereocenters. The van der Waals surface area contributed by atoms with Crippen molar-refractivity contribution in [2.75, 3.05) is 11.9 Å². The molecule has 0 amide bonds. The Balaban J connectivity index is 1.84. The molecular formula is C14H18N4O2S. The first-order valence-corrected chi connectivity index (χ1v) is 7.92. The first kappa shape index (κ1) is 14.1. The SMILES string of the molecule is CCOC(=O)C1CCCc2sc(Nc3ccnn3C)nc21. The third-order valence-corrected chi connectivity index (χ3v) is 4.63. The van der Waals surface area contributed by atoms with E-state index in [2.05, 4.69) is 15.4 Å². The van der Waals surface area contributed by atoms with Gasteiger partial charge in [0.05, 0.1) is 18.5 Å². The minimum Gasteiger partial charge on any atom is -0.465 e. The maximum absolute atomic E-state index is 12.0. The average Bonchev–Trinajstić information content (AvgIpc) is 3.05. The van der Waals surface area contributed by atoms with Crippen molar-refractivity contribution in [2.45, 2.75) is 32.1 Å². The Morgan fingerprint density at radius 1 is 1.62 bits per heavy atom. The standard InChI is InChI=1S/C14H18N4O2S/c1-3-20-13(19)9-5-4-6-10-12(9)17-14(21-10)16-11-7-8-15-18(11)2/h7-9H,3-6H2,1-2H3,(H,16,17). The van der Waals surface area contributed by atoms with Gasteiger partial charge in [0.2, 0.25) is 0 Å². The van der Waals surface area contributed by atoms with Crippen molar-refractivity contribution in [2.24, 2.45) is 7.05 Å². The maximum Gasteiger partial charge on any atom is 0.315 e. The van der Waals surface area contributed by atoms with Crippen molar-refractivity contribution >= 4 is 28.3 Å². The fraction of sp³-hybridized carbons (Fsp3) is 0.500. The number of carbonyl (C=O) groups is 1. The number of nitrogens with one attached hydrogen (secondary N) is 1. The molecule has 2 aromatic heterocycles. The molecule has 6 nitrogen and oxygen atoms in total. The summed E-state index contributed by atoms with van der Waals surface area (Å²) in [7, 11) is 1.87. The number of anilines is 2. The first-order valence-electron chi connectivity index (χ1n) is 7.10. The lowest BCUT2D eigenvalue weighted by atomic mass is 9.91. The quantitative estimate of drug-likeness (QED) is 0.879. The second-order valence-electron chi connectivity index (χ2n) is 4.99. The number of aromatic nitrogens is 3. The highest BCUT2D eigenvalue weighted by molar-refractivity contribution is 7.15. The van der Waals surface area contributed by atoms with Crippen molar-refractivity contribution in [1.29, 1.82) is 0 Å². The summed E-state index contributed by atoms with van der Waals surface area (Å²) in [6, 6.07) is 1.89. The molecule has 0 aromatic carbocycles. The minimum absolute atomic E-state index is 0.157. The molecule has 0 fully saturated rings. The molecule has 1 aliphatic rings. The highest BCUT2D eigenvalue weighted by Crippen LogP contribution is 2.38. The topological polar surface area (TPSA) is 69.0 Å². The van der Waals surface area contributed by atoms with Gasteiger partial charge in [-0.2, -0.15) is 5.10 Å². The number of ether oxygens (including phenoxy) is 1. The van der Waals surface area contributed by atoms with E-state index in [4.69, 9.17) is 4.74 Å². The van der Waals surface area contributed by atoms with Gasteiger partial charge in [0.1, 0.15) is 11.7 Å². The van der Waals surface area contributed by atoms with Crippen LogP contribution >= 0.6 is 11.3 Å². The van der Waals surface area contributed by atoms with Gasteiger partial charge in [0.25, 0.3) is 0 Å². The van der Waals surface area contributed by atoms with Gasteiger partial charge in [-0.3, -0.25) is 9.48 Å². The summed E-state index contributed by atoms with van der Waals surface area (Å²) in [4.78, 5) is 17.9. The van der Waals surface area contributed by atoms with E-state index in [0.29, 0.717) is 6.61 Å². The molecule has 0 bridgehead atoms. The second-order valence-corrected chi connectivity index (χ2v) is 6.07. The molecule has 112 valence electrons. The summed E-state index contributed by atoms with van der Waals surface area (Å²) >= 11 is 1.61. The third kappa shape index (κ3) is 2.78. The largest absolute Gasteiger partial charge is 0.465 e. The van der Waals surface area contributed by atoms with E-state index >= 15 is 0 Å². The number of rotatable bonds is 4. The molecule has 3 rings (SSSR count). The molecule has 0 spiro atoms. The molecule has 2 aromatic rings. The number of carbonyl (C=O) groups excluding carboxylic acids is 1. The zero-order valence-corrected chi connectivity index (χ0v) is 12.9. The van der Waals surface area contributed by atoms with E-state index in [9.17, 15) is 4.79 Å². The number of fused-ring (bicyclic) bond motifs is 1. The van der Waals surface area contributed by atoms with Crippen LogP contribution in [0.4, 0.5) is 10.9 Å². The van der Waals surface area contributed by atoms with Crippen LogP contribution in [0.2, 0.25) is 0 Å². The number of aryl methyl sites for hydroxylation is 2. The van der Waals surface area contributed by atoms with Crippen LogP contribution in [0, 0.1) is 0 Å². The van der Waals surface area contributed by atoms with E-state index in [1.165, 1.54) is 4.88 Å². The Bertz CT molecular complexity index is 649. The van der Waals surface area contributed by atoms with Crippen molar-refractivity contribution in [3.8, 4) is 0 Å². The molecular weight excluding hydrogens is 288 g/mol. The van der Waals surface area contributed by atoms with Crippen molar-refractivity contribution in [1.82, 2.24) is 14.8 Å². The predicted octanol–water partition coefficient (Wildman–Crippen LogP) is 2.60. The zero-order chi connectivity index (χ0) is 14.8. The number of hydrogen-bond acceptors (Lipinski definition) is 6.